The van der Waals surface area contributed by atoms with Gasteiger partial charge in [-0.05, 0) is 44.4 Å². The third-order valence-corrected chi connectivity index (χ3v) is 6.40. The first-order chi connectivity index (χ1) is 13.7. The lowest BCUT2D eigenvalue weighted by molar-refractivity contribution is 0.000993. The van der Waals surface area contributed by atoms with Crippen molar-refractivity contribution in [1.82, 2.24) is 15.4 Å². The van der Waals surface area contributed by atoms with Crippen LogP contribution < -0.4 is 5.32 Å². The molecular formula is C22H39IN4O2. The molecule has 1 N–H and O–H groups in total. The maximum absolute atomic E-state index is 6.19. The highest BCUT2D eigenvalue weighted by molar-refractivity contribution is 14.0. The molecule has 1 aliphatic heterocycles. The van der Waals surface area contributed by atoms with Gasteiger partial charge in [0.25, 0.3) is 0 Å². The molecule has 0 spiro atoms. The topological polar surface area (TPSA) is 62.9 Å². The highest BCUT2D eigenvalue weighted by Crippen LogP contribution is 2.26. The van der Waals surface area contributed by atoms with Gasteiger partial charge in [0.15, 0.2) is 11.7 Å². The summed E-state index contributed by atoms with van der Waals surface area (Å²) in [6.45, 7) is 7.96. The molecule has 0 atom stereocenters. The Balaban J connectivity index is 0.00000300. The molecule has 1 aliphatic carbocycles. The van der Waals surface area contributed by atoms with Crippen LogP contribution in [-0.4, -0.2) is 48.9 Å². The van der Waals surface area contributed by atoms with E-state index in [1.165, 1.54) is 25.7 Å². The van der Waals surface area contributed by atoms with Crippen LogP contribution in [0, 0.1) is 5.92 Å². The Bertz CT molecular complexity index is 604. The summed E-state index contributed by atoms with van der Waals surface area (Å²) in [5.74, 6) is 3.10. The summed E-state index contributed by atoms with van der Waals surface area (Å²) in [7, 11) is 1.85. The number of likely N-dealkylation sites (tertiary alicyclic amines) is 1. The van der Waals surface area contributed by atoms with Crippen molar-refractivity contribution in [2.75, 3.05) is 26.7 Å². The molecule has 0 radical (unpaired) electrons. The molecule has 2 fully saturated rings. The molecule has 7 heteroatoms. The van der Waals surface area contributed by atoms with Gasteiger partial charge in [-0.25, -0.2) is 0 Å². The second-order valence-electron chi connectivity index (χ2n) is 8.30. The van der Waals surface area contributed by atoms with Crippen LogP contribution in [0.25, 0.3) is 0 Å². The molecule has 29 heavy (non-hydrogen) atoms. The molecule has 166 valence electrons. The first kappa shape index (κ1) is 24.4. The summed E-state index contributed by atoms with van der Waals surface area (Å²) < 4.78 is 11.7. The smallest absolute Gasteiger partial charge is 0.194 e. The summed E-state index contributed by atoms with van der Waals surface area (Å²) in [5.41, 5.74) is 1.07. The van der Waals surface area contributed by atoms with E-state index in [1.807, 2.05) is 7.05 Å². The Kier molecular flexibility index (Phi) is 10.8. The van der Waals surface area contributed by atoms with Crippen LogP contribution >= 0.6 is 24.0 Å². The first-order valence-electron chi connectivity index (χ1n) is 11.3. The average Bonchev–Trinajstić information content (AvgIpc) is 3.41. The molecule has 1 aromatic rings. The van der Waals surface area contributed by atoms with Crippen molar-refractivity contribution in [3.63, 3.8) is 0 Å². The predicted molar refractivity (Wildman–Crippen MR) is 128 cm³/mol. The lowest BCUT2D eigenvalue weighted by Crippen LogP contribution is -2.46. The molecule has 0 aromatic carbocycles. The molecule has 0 amide bonds. The molecular weight excluding hydrogens is 479 g/mol. The summed E-state index contributed by atoms with van der Waals surface area (Å²) in [6, 6.07) is 2.08. The fourth-order valence-corrected chi connectivity index (χ4v) is 4.49. The van der Waals surface area contributed by atoms with Gasteiger partial charge in [-0.2, -0.15) is 0 Å². The van der Waals surface area contributed by atoms with E-state index >= 15 is 0 Å². The van der Waals surface area contributed by atoms with Crippen molar-refractivity contribution < 1.29 is 9.26 Å². The summed E-state index contributed by atoms with van der Waals surface area (Å²) in [6.07, 6.45) is 10.2. The maximum atomic E-state index is 6.19. The van der Waals surface area contributed by atoms with Crippen LogP contribution in [0.3, 0.4) is 0 Å². The Morgan fingerprint density at radius 3 is 2.55 bits per heavy atom. The number of halogens is 1. The molecule has 0 unspecified atom stereocenters. The molecule has 2 aliphatic rings. The van der Waals surface area contributed by atoms with E-state index in [4.69, 9.17) is 9.26 Å². The van der Waals surface area contributed by atoms with Crippen LogP contribution in [0.4, 0.5) is 0 Å². The number of ether oxygens (including phenoxy) is 1. The van der Waals surface area contributed by atoms with E-state index in [0.29, 0.717) is 18.6 Å². The third-order valence-electron chi connectivity index (χ3n) is 6.40. The van der Waals surface area contributed by atoms with Gasteiger partial charge in [0.2, 0.25) is 0 Å². The maximum Gasteiger partial charge on any atom is 0.194 e. The fourth-order valence-electron chi connectivity index (χ4n) is 4.49. The number of aliphatic imine (C=N–C) groups is 1. The number of aromatic nitrogens is 1. The summed E-state index contributed by atoms with van der Waals surface area (Å²) in [4.78, 5) is 6.79. The Morgan fingerprint density at radius 2 is 1.93 bits per heavy atom. The highest BCUT2D eigenvalue weighted by Gasteiger charge is 2.24. The van der Waals surface area contributed by atoms with Gasteiger partial charge in [-0.3, -0.25) is 4.99 Å². The minimum absolute atomic E-state index is 0. The summed E-state index contributed by atoms with van der Waals surface area (Å²) in [5, 5.41) is 7.69. The first-order valence-corrected chi connectivity index (χ1v) is 11.3. The quantitative estimate of drug-likeness (QED) is 0.300. The number of hydrogen-bond acceptors (Lipinski definition) is 4. The van der Waals surface area contributed by atoms with Gasteiger partial charge in [0.1, 0.15) is 0 Å². The van der Waals surface area contributed by atoms with Crippen LogP contribution in [-0.2, 0) is 11.3 Å². The second-order valence-corrected chi connectivity index (χ2v) is 8.30. The number of nitrogens with zero attached hydrogens (tertiary/aromatic N) is 3. The van der Waals surface area contributed by atoms with E-state index in [9.17, 15) is 0 Å². The second kappa shape index (κ2) is 12.8. The van der Waals surface area contributed by atoms with Crippen LogP contribution in [0.15, 0.2) is 15.6 Å². The minimum Gasteiger partial charge on any atom is -0.378 e. The van der Waals surface area contributed by atoms with Crippen LogP contribution in [0.5, 0.6) is 0 Å². The lowest BCUT2D eigenvalue weighted by atomic mass is 9.99. The van der Waals surface area contributed by atoms with E-state index in [2.05, 4.69) is 40.3 Å². The van der Waals surface area contributed by atoms with Crippen LogP contribution in [0.1, 0.15) is 82.6 Å². The molecule has 1 saturated carbocycles. The van der Waals surface area contributed by atoms with Crippen molar-refractivity contribution in [1.29, 1.82) is 0 Å². The number of hydrogen-bond donors (Lipinski definition) is 1. The number of guanidine groups is 1. The molecule has 3 rings (SSSR count). The molecule has 0 bridgehead atoms. The van der Waals surface area contributed by atoms with E-state index in [0.717, 1.165) is 68.7 Å². The predicted octanol–water partition coefficient (Wildman–Crippen LogP) is 4.94. The third kappa shape index (κ3) is 7.12. The number of rotatable bonds is 8. The van der Waals surface area contributed by atoms with E-state index in [-0.39, 0.29) is 24.0 Å². The molecule has 6 nitrogen and oxygen atoms in total. The number of nitrogens with one attached hydrogen (secondary N) is 1. The van der Waals surface area contributed by atoms with Crippen molar-refractivity contribution >= 4 is 29.9 Å². The fraction of sp³-hybridized carbons (Fsp3) is 0.818. The van der Waals surface area contributed by atoms with Gasteiger partial charge in [0.05, 0.1) is 18.3 Å². The molecule has 1 aromatic heterocycles. The lowest BCUT2D eigenvalue weighted by Gasteiger charge is -2.34. The van der Waals surface area contributed by atoms with Crippen molar-refractivity contribution in [2.24, 2.45) is 10.9 Å². The number of piperidine rings is 1. The zero-order valence-corrected chi connectivity index (χ0v) is 20.7. The monoisotopic (exact) mass is 518 g/mol. The molecule has 2 heterocycles. The van der Waals surface area contributed by atoms with Crippen molar-refractivity contribution in [3.8, 4) is 0 Å². The Morgan fingerprint density at radius 1 is 1.24 bits per heavy atom. The molecule has 1 saturated heterocycles. The van der Waals surface area contributed by atoms with Gasteiger partial charge in [-0.15, -0.1) is 24.0 Å². The Labute approximate surface area is 193 Å². The van der Waals surface area contributed by atoms with Gasteiger partial charge >= 0.3 is 0 Å². The van der Waals surface area contributed by atoms with Gasteiger partial charge in [-0.1, -0.05) is 31.8 Å². The normalized spacial score (nSPS) is 19.0. The largest absolute Gasteiger partial charge is 0.378 e. The standard InChI is InChI=1S/C22H38N4O2.HI/c1-4-18(5-2)21-14-20(28-25-21)15-24-22(23-3)26-12-10-19(11-13-26)27-16-17-8-6-7-9-17;/h14,17-19H,4-13,15-16H2,1-3H3,(H,23,24);1H. The summed E-state index contributed by atoms with van der Waals surface area (Å²) >= 11 is 0. The average molecular weight is 518 g/mol. The van der Waals surface area contributed by atoms with Gasteiger partial charge < -0.3 is 19.5 Å². The van der Waals surface area contributed by atoms with Gasteiger partial charge in [0, 0.05) is 38.7 Å². The van der Waals surface area contributed by atoms with Crippen molar-refractivity contribution in [2.45, 2.75) is 83.8 Å². The highest BCUT2D eigenvalue weighted by atomic mass is 127. The van der Waals surface area contributed by atoms with Crippen LogP contribution in [0.2, 0.25) is 0 Å². The van der Waals surface area contributed by atoms with Crippen molar-refractivity contribution in [3.05, 3.63) is 17.5 Å². The minimum atomic E-state index is 0. The van der Waals surface area contributed by atoms with E-state index < -0.39 is 0 Å². The Hall–Kier alpha value is -0.830. The van der Waals surface area contributed by atoms with E-state index in [1.54, 1.807) is 0 Å². The zero-order valence-electron chi connectivity index (χ0n) is 18.4. The SMILES string of the molecule is CCC(CC)c1cc(CNC(=NC)N2CCC(OCC3CCCC3)CC2)on1.I. The zero-order chi connectivity index (χ0) is 19.8.